The first-order valence-corrected chi connectivity index (χ1v) is 11.8. The van der Waals surface area contributed by atoms with Crippen molar-refractivity contribution in [1.29, 1.82) is 0 Å². The molecule has 0 fully saturated rings. The van der Waals surface area contributed by atoms with Crippen LogP contribution < -0.4 is 5.32 Å². The van der Waals surface area contributed by atoms with E-state index in [1.165, 1.54) is 4.90 Å². The maximum absolute atomic E-state index is 13.0. The number of nitrogens with one attached hydrogen (secondary N) is 1. The van der Waals surface area contributed by atoms with Gasteiger partial charge in [-0.05, 0) is 5.56 Å². The van der Waals surface area contributed by atoms with Gasteiger partial charge in [0.2, 0.25) is 11.7 Å². The van der Waals surface area contributed by atoms with E-state index in [1.807, 2.05) is 0 Å². The van der Waals surface area contributed by atoms with E-state index in [9.17, 15) is 31.2 Å². The van der Waals surface area contributed by atoms with Crippen molar-refractivity contribution in [2.75, 3.05) is 19.4 Å². The van der Waals surface area contributed by atoms with E-state index in [0.29, 0.717) is 5.56 Å². The number of carbonyl (C=O) groups is 2. The normalized spacial score (nSPS) is 14.9. The Labute approximate surface area is 193 Å². The van der Waals surface area contributed by atoms with Crippen molar-refractivity contribution in [1.82, 2.24) is 25.0 Å². The number of fused-ring (bicyclic) bond motifs is 1. The average Bonchev–Trinajstić information content (AvgIpc) is 3.20. The number of alkyl carbamates (subject to hydrolysis) is 1. The van der Waals surface area contributed by atoms with E-state index in [0.717, 1.165) is 10.8 Å². The fraction of sp³-hybridized carbons (Fsp3) is 0.474. The third-order valence-electron chi connectivity index (χ3n) is 4.80. The molecule has 0 spiro atoms. The number of alkyl halides is 3. The molecule has 0 unspecified atom stereocenters. The van der Waals surface area contributed by atoms with Gasteiger partial charge >= 0.3 is 12.3 Å². The van der Waals surface area contributed by atoms with Crippen LogP contribution in [-0.4, -0.2) is 65.5 Å². The van der Waals surface area contributed by atoms with Crippen molar-refractivity contribution in [3.8, 4) is 0 Å². The molecule has 1 aromatic heterocycles. The number of hydrogen-bond donors (Lipinski definition) is 1. The molecule has 1 N–H and O–H groups in total. The summed E-state index contributed by atoms with van der Waals surface area (Å²) < 4.78 is 72.4. The minimum absolute atomic E-state index is 0.0360. The van der Waals surface area contributed by atoms with Crippen LogP contribution in [0.3, 0.4) is 0 Å². The highest BCUT2D eigenvalue weighted by Gasteiger charge is 2.40. The highest BCUT2D eigenvalue weighted by molar-refractivity contribution is 7.85. The van der Waals surface area contributed by atoms with E-state index in [2.05, 4.69) is 15.5 Å². The number of benzene rings is 1. The Hall–Kier alpha value is -3.20. The molecule has 0 bridgehead atoms. The maximum atomic E-state index is 13.0. The fourth-order valence-corrected chi connectivity index (χ4v) is 3.62. The lowest BCUT2D eigenvalue weighted by atomic mass is 10.2. The van der Waals surface area contributed by atoms with E-state index in [-0.39, 0.29) is 38.5 Å². The SMILES string of the molecule is CS(=O)(=O)OC[C@@H](CC(=O)N1CCn2c(nnc2C(F)(F)F)C1)NC(=O)OCc1ccccc1. The van der Waals surface area contributed by atoms with Crippen molar-refractivity contribution >= 4 is 22.1 Å². The van der Waals surface area contributed by atoms with E-state index < -0.39 is 46.8 Å². The van der Waals surface area contributed by atoms with Crippen LogP contribution in [0, 0.1) is 0 Å². The lowest BCUT2D eigenvalue weighted by Crippen LogP contribution is -2.45. The van der Waals surface area contributed by atoms with Gasteiger partial charge in [0.1, 0.15) is 6.61 Å². The Bertz CT molecular complexity index is 1120. The van der Waals surface area contributed by atoms with Crippen molar-refractivity contribution in [3.63, 3.8) is 0 Å². The van der Waals surface area contributed by atoms with Crippen LogP contribution in [0.25, 0.3) is 0 Å². The van der Waals surface area contributed by atoms with E-state index in [1.54, 1.807) is 30.3 Å². The second kappa shape index (κ2) is 10.4. The number of hydrogen-bond acceptors (Lipinski definition) is 8. The van der Waals surface area contributed by atoms with Gasteiger partial charge in [-0.2, -0.15) is 21.6 Å². The number of amides is 2. The Balaban J connectivity index is 1.61. The Morgan fingerprint density at radius 2 is 1.88 bits per heavy atom. The standard InChI is InChI=1S/C19H22F3N5O6S/c1-34(30,31)33-12-14(23-18(29)32-11-13-5-3-2-4-6-13)9-16(28)26-7-8-27-15(10-26)24-25-17(27)19(20,21)22/h2-6,14H,7-12H2,1H3,(H,23,29)/t14-/m1/s1. The minimum Gasteiger partial charge on any atom is -0.445 e. The topological polar surface area (TPSA) is 133 Å². The molecule has 0 radical (unpaired) electrons. The highest BCUT2D eigenvalue weighted by Crippen LogP contribution is 2.29. The molecule has 2 heterocycles. The molecule has 34 heavy (non-hydrogen) atoms. The number of rotatable bonds is 8. The van der Waals surface area contributed by atoms with Gasteiger partial charge in [-0.3, -0.25) is 8.98 Å². The molecule has 0 aliphatic carbocycles. The first-order valence-electron chi connectivity index (χ1n) is 10.0. The summed E-state index contributed by atoms with van der Waals surface area (Å²) in [5, 5.41) is 9.06. The predicted octanol–water partition coefficient (Wildman–Crippen LogP) is 1.30. The summed E-state index contributed by atoms with van der Waals surface area (Å²) in [5.74, 6) is -1.73. The largest absolute Gasteiger partial charge is 0.451 e. The fourth-order valence-electron chi connectivity index (χ4n) is 3.21. The van der Waals surface area contributed by atoms with Crippen molar-refractivity contribution < 1.29 is 40.1 Å². The van der Waals surface area contributed by atoms with Gasteiger partial charge in [0.05, 0.1) is 25.4 Å². The van der Waals surface area contributed by atoms with Gasteiger partial charge < -0.3 is 19.5 Å². The van der Waals surface area contributed by atoms with Gasteiger partial charge in [-0.1, -0.05) is 30.3 Å². The minimum atomic E-state index is -4.67. The van der Waals surface area contributed by atoms with Crippen LogP contribution in [-0.2, 0) is 49.7 Å². The van der Waals surface area contributed by atoms with Crippen LogP contribution >= 0.6 is 0 Å². The van der Waals surface area contributed by atoms with Crippen LogP contribution in [0.15, 0.2) is 30.3 Å². The molecule has 2 aromatic rings. The summed E-state index contributed by atoms with van der Waals surface area (Å²) >= 11 is 0. The smallest absolute Gasteiger partial charge is 0.445 e. The average molecular weight is 505 g/mol. The van der Waals surface area contributed by atoms with Gasteiger partial charge in [-0.15, -0.1) is 10.2 Å². The first kappa shape index (κ1) is 25.4. The molecule has 15 heteroatoms. The summed E-state index contributed by atoms with van der Waals surface area (Å²) in [5.41, 5.74) is 0.716. The Morgan fingerprint density at radius 3 is 2.53 bits per heavy atom. The number of nitrogens with zero attached hydrogens (tertiary/aromatic N) is 4. The van der Waals surface area contributed by atoms with Gasteiger partial charge in [0.25, 0.3) is 10.1 Å². The van der Waals surface area contributed by atoms with Gasteiger partial charge in [0, 0.05) is 19.5 Å². The Morgan fingerprint density at radius 1 is 1.18 bits per heavy atom. The number of carbonyl (C=O) groups excluding carboxylic acids is 2. The molecule has 2 amide bonds. The lowest BCUT2D eigenvalue weighted by Gasteiger charge is -2.29. The molecule has 11 nitrogen and oxygen atoms in total. The monoisotopic (exact) mass is 505 g/mol. The molecule has 1 aromatic carbocycles. The molecular formula is C19H22F3N5O6S. The molecular weight excluding hydrogens is 483 g/mol. The van der Waals surface area contributed by atoms with E-state index >= 15 is 0 Å². The third-order valence-corrected chi connectivity index (χ3v) is 5.36. The Kier molecular flexibility index (Phi) is 7.76. The number of halogens is 3. The van der Waals surface area contributed by atoms with Crippen LogP contribution in [0.4, 0.5) is 18.0 Å². The van der Waals surface area contributed by atoms with Gasteiger partial charge in [0.15, 0.2) is 5.82 Å². The predicted molar refractivity (Wildman–Crippen MR) is 109 cm³/mol. The lowest BCUT2D eigenvalue weighted by molar-refractivity contribution is -0.148. The second-order valence-corrected chi connectivity index (χ2v) is 9.14. The maximum Gasteiger partial charge on any atom is 0.451 e. The molecule has 3 rings (SSSR count). The second-order valence-electron chi connectivity index (χ2n) is 7.50. The molecule has 186 valence electrons. The molecule has 1 aliphatic rings. The zero-order valence-electron chi connectivity index (χ0n) is 18.0. The molecule has 1 atom stereocenters. The van der Waals surface area contributed by atoms with Crippen LogP contribution in [0.5, 0.6) is 0 Å². The summed E-state index contributed by atoms with van der Waals surface area (Å²) in [6.07, 6.45) is -5.13. The third kappa shape index (κ3) is 7.15. The number of aromatic nitrogens is 3. The highest BCUT2D eigenvalue weighted by atomic mass is 32.2. The van der Waals surface area contributed by atoms with Crippen LogP contribution in [0.2, 0.25) is 0 Å². The van der Waals surface area contributed by atoms with E-state index in [4.69, 9.17) is 8.92 Å². The molecule has 0 saturated heterocycles. The summed E-state index contributed by atoms with van der Waals surface area (Å²) in [6.45, 7) is -1.03. The summed E-state index contributed by atoms with van der Waals surface area (Å²) in [6, 6.07) is 7.71. The van der Waals surface area contributed by atoms with Gasteiger partial charge in [-0.25, -0.2) is 4.79 Å². The number of ether oxygens (including phenoxy) is 1. The van der Waals surface area contributed by atoms with Crippen molar-refractivity contribution in [3.05, 3.63) is 47.5 Å². The van der Waals surface area contributed by atoms with Crippen LogP contribution in [0.1, 0.15) is 23.6 Å². The molecule has 1 aliphatic heterocycles. The first-order chi connectivity index (χ1) is 15.9. The summed E-state index contributed by atoms with van der Waals surface area (Å²) in [4.78, 5) is 26.2. The zero-order valence-corrected chi connectivity index (χ0v) is 18.8. The quantitative estimate of drug-likeness (QED) is 0.531. The summed E-state index contributed by atoms with van der Waals surface area (Å²) in [7, 11) is -3.87. The van der Waals surface area contributed by atoms with Crippen molar-refractivity contribution in [2.24, 2.45) is 0 Å². The van der Waals surface area contributed by atoms with Crippen molar-refractivity contribution in [2.45, 2.75) is 38.3 Å². The zero-order chi connectivity index (χ0) is 24.9. The molecule has 0 saturated carbocycles.